The Kier molecular flexibility index (Phi) is 6.10. The lowest BCUT2D eigenvalue weighted by Gasteiger charge is -2.54. The van der Waals surface area contributed by atoms with Crippen LogP contribution in [0.15, 0.2) is 199 Å². The maximum Gasteiger partial charge on any atom is 0.0751 e. The topological polar surface area (TPSA) is 3.24 Å². The Morgan fingerprint density at radius 1 is 0.518 bits per heavy atom. The number of para-hydroxylation sites is 1. The van der Waals surface area contributed by atoms with Crippen molar-refractivity contribution in [1.29, 1.82) is 0 Å². The summed E-state index contributed by atoms with van der Waals surface area (Å²) in [6, 6.07) is 60.5. The summed E-state index contributed by atoms with van der Waals surface area (Å²) in [6.45, 7) is 0. The zero-order chi connectivity index (χ0) is 36.6. The summed E-state index contributed by atoms with van der Waals surface area (Å²) in [6.07, 6.45) is 14.4. The van der Waals surface area contributed by atoms with Crippen LogP contribution in [0.2, 0.25) is 0 Å². The highest BCUT2D eigenvalue weighted by atomic mass is 15.2. The van der Waals surface area contributed by atoms with E-state index in [9.17, 15) is 0 Å². The maximum absolute atomic E-state index is 2.72. The van der Waals surface area contributed by atoms with Gasteiger partial charge < -0.3 is 4.90 Å². The van der Waals surface area contributed by atoms with Crippen LogP contribution in [0.4, 0.5) is 17.1 Å². The van der Waals surface area contributed by atoms with Crippen molar-refractivity contribution in [1.82, 2.24) is 0 Å². The van der Waals surface area contributed by atoms with E-state index >= 15 is 0 Å². The highest BCUT2D eigenvalue weighted by Crippen LogP contribution is 2.70. The maximum atomic E-state index is 2.72. The molecular formula is C55H39N. The lowest BCUT2D eigenvalue weighted by molar-refractivity contribution is 0.645. The van der Waals surface area contributed by atoms with Crippen LogP contribution in [0.3, 0.4) is 0 Å². The number of anilines is 3. The minimum Gasteiger partial charge on any atom is -0.309 e. The zero-order valence-corrected chi connectivity index (χ0v) is 31.2. The van der Waals surface area contributed by atoms with E-state index in [1.54, 1.807) is 0 Å². The summed E-state index contributed by atoms with van der Waals surface area (Å²) in [4.78, 5) is 2.72. The van der Waals surface area contributed by atoms with E-state index < -0.39 is 10.8 Å². The molecule has 0 saturated carbocycles. The fraction of sp³-hybridized carbons (Fsp3) is 0.127. The number of rotatable bonds is 2. The number of hydrogen-bond donors (Lipinski definition) is 0. The quantitative estimate of drug-likeness (QED) is 0.172. The summed E-state index contributed by atoms with van der Waals surface area (Å²) in [5, 5.41) is 2.58. The number of hydrogen-bond acceptors (Lipinski definition) is 1. The van der Waals surface area contributed by atoms with Gasteiger partial charge in [0.2, 0.25) is 0 Å². The van der Waals surface area contributed by atoms with Gasteiger partial charge in [0, 0.05) is 11.3 Å². The first-order chi connectivity index (χ1) is 27.8. The molecule has 4 aliphatic carbocycles. The predicted molar refractivity (Wildman–Crippen MR) is 230 cm³/mol. The molecule has 1 spiro atoms. The molecule has 2 aliphatic heterocycles. The van der Waals surface area contributed by atoms with E-state index in [2.05, 4.69) is 187 Å². The van der Waals surface area contributed by atoms with Crippen LogP contribution in [0, 0.1) is 0 Å². The van der Waals surface area contributed by atoms with E-state index in [0.717, 1.165) is 25.7 Å². The van der Waals surface area contributed by atoms with Gasteiger partial charge in [-0.3, -0.25) is 0 Å². The first-order valence-electron chi connectivity index (χ1n) is 20.4. The number of nitrogens with zero attached hydrogens (tertiary/aromatic N) is 1. The molecule has 13 rings (SSSR count). The predicted octanol–water partition coefficient (Wildman–Crippen LogP) is 13.5. The number of fused-ring (bicyclic) bond motifs is 14. The average molecular weight is 714 g/mol. The van der Waals surface area contributed by atoms with Gasteiger partial charge in [-0.1, -0.05) is 176 Å². The Labute approximate surface area is 328 Å². The number of allylic oxidation sites excluding steroid dienone is 8. The first kappa shape index (κ1) is 30.8. The van der Waals surface area contributed by atoms with Crippen molar-refractivity contribution in [3.63, 3.8) is 0 Å². The third kappa shape index (κ3) is 3.54. The first-order valence-corrected chi connectivity index (χ1v) is 20.4. The highest BCUT2D eigenvalue weighted by molar-refractivity contribution is 6.09. The smallest absolute Gasteiger partial charge is 0.0751 e. The second-order valence-electron chi connectivity index (χ2n) is 16.4. The van der Waals surface area contributed by atoms with E-state index in [4.69, 9.17) is 0 Å². The Morgan fingerprint density at radius 3 is 2.07 bits per heavy atom. The molecular weight excluding hydrogens is 675 g/mol. The van der Waals surface area contributed by atoms with Crippen LogP contribution in [-0.2, 0) is 10.8 Å². The molecule has 0 saturated heterocycles. The minimum absolute atomic E-state index is 0.111. The minimum atomic E-state index is -0.457. The van der Waals surface area contributed by atoms with Gasteiger partial charge in [-0.05, 0) is 109 Å². The molecule has 7 aromatic carbocycles. The lowest BCUT2D eigenvalue weighted by atomic mass is 9.52. The van der Waals surface area contributed by atoms with E-state index in [-0.39, 0.29) is 5.92 Å². The zero-order valence-electron chi connectivity index (χ0n) is 31.2. The van der Waals surface area contributed by atoms with Crippen LogP contribution < -0.4 is 4.90 Å². The van der Waals surface area contributed by atoms with Gasteiger partial charge in [-0.15, -0.1) is 0 Å². The molecule has 7 aromatic rings. The van der Waals surface area contributed by atoms with E-state index in [1.807, 2.05) is 0 Å². The van der Waals surface area contributed by atoms with Gasteiger partial charge in [-0.2, -0.15) is 0 Å². The fourth-order valence-corrected chi connectivity index (χ4v) is 12.2. The third-order valence-electron chi connectivity index (χ3n) is 14.1. The summed E-state index contributed by atoms with van der Waals surface area (Å²) < 4.78 is 0. The Bertz CT molecular complexity index is 2940. The van der Waals surface area contributed by atoms with Crippen LogP contribution in [-0.4, -0.2) is 0 Å². The summed E-state index contributed by atoms with van der Waals surface area (Å²) in [5.74, 6) is 0.111. The molecule has 2 unspecified atom stereocenters. The monoisotopic (exact) mass is 713 g/mol. The molecule has 1 nitrogen and oxygen atoms in total. The summed E-state index contributed by atoms with van der Waals surface area (Å²) >= 11 is 0. The molecule has 2 heterocycles. The molecule has 1 heteroatoms. The Morgan fingerprint density at radius 2 is 1.21 bits per heavy atom. The Hall–Kier alpha value is -6.44. The molecule has 0 amide bonds. The second-order valence-corrected chi connectivity index (χ2v) is 16.4. The second kappa shape index (κ2) is 11.1. The van der Waals surface area contributed by atoms with Gasteiger partial charge in [0.25, 0.3) is 0 Å². The Balaban J connectivity index is 1.22. The average Bonchev–Trinajstić information content (AvgIpc) is 3.57. The molecule has 0 fully saturated rings. The van der Waals surface area contributed by atoms with Crippen LogP contribution in [0.1, 0.15) is 81.7 Å². The van der Waals surface area contributed by atoms with Gasteiger partial charge in [0.15, 0.2) is 0 Å². The molecule has 264 valence electrons. The molecule has 0 bridgehead atoms. The van der Waals surface area contributed by atoms with Crippen LogP contribution in [0.25, 0.3) is 16.3 Å². The summed E-state index contributed by atoms with van der Waals surface area (Å²) in [5.41, 5.74) is 21.5. The largest absolute Gasteiger partial charge is 0.309 e. The summed E-state index contributed by atoms with van der Waals surface area (Å²) in [7, 11) is 0. The number of benzene rings is 7. The van der Waals surface area contributed by atoms with E-state index in [1.165, 1.54) is 100 Å². The van der Waals surface area contributed by atoms with Gasteiger partial charge in [0.1, 0.15) is 0 Å². The normalized spacial score (nSPS) is 21.4. The third-order valence-corrected chi connectivity index (χ3v) is 14.1. The van der Waals surface area contributed by atoms with Crippen LogP contribution in [0.5, 0.6) is 0 Å². The van der Waals surface area contributed by atoms with Crippen LogP contribution >= 0.6 is 0 Å². The molecule has 0 radical (unpaired) electrons. The van der Waals surface area contributed by atoms with Crippen molar-refractivity contribution in [2.45, 2.75) is 42.4 Å². The van der Waals surface area contributed by atoms with Crippen molar-refractivity contribution < 1.29 is 0 Å². The molecule has 0 aromatic heterocycles. The molecule has 0 N–H and O–H groups in total. The fourth-order valence-electron chi connectivity index (χ4n) is 12.2. The highest BCUT2D eigenvalue weighted by Gasteiger charge is 2.57. The van der Waals surface area contributed by atoms with Gasteiger partial charge >= 0.3 is 0 Å². The van der Waals surface area contributed by atoms with E-state index in [0.29, 0.717) is 0 Å². The molecule has 56 heavy (non-hydrogen) atoms. The SMILES string of the molecule is C1=CC2=C(CC1)c1ccccc1C21c2cccc3c2N(c2cccc4c2C3C2=CCCC=C2C4(c2ccccc2)c2ccccc2)c2c1ccc1ccccc21. The van der Waals surface area contributed by atoms with Crippen molar-refractivity contribution in [2.24, 2.45) is 0 Å². The lowest BCUT2D eigenvalue weighted by Crippen LogP contribution is -2.44. The van der Waals surface area contributed by atoms with Crippen molar-refractivity contribution in [3.05, 3.63) is 249 Å². The van der Waals surface area contributed by atoms with Gasteiger partial charge in [0.05, 0.1) is 27.9 Å². The van der Waals surface area contributed by atoms with Crippen molar-refractivity contribution >= 4 is 33.4 Å². The standard InChI is InChI=1S/C55H39N/c1-3-18-36(19-4-1)54(37-20-5-2-6-21-37)45-29-14-11-25-41(45)50-42-26-15-31-47-53(42)56(49-32-16-30-46(54)51(49)50)52-38-22-8-7-17-35(38)33-34-48(52)55(47)43-27-12-9-23-39(43)40-24-10-13-28-44(40)55/h1-9,12-13,15-23,25-34,50H,10-11,14,24H2. The van der Waals surface area contributed by atoms with Crippen molar-refractivity contribution in [2.75, 3.05) is 4.90 Å². The van der Waals surface area contributed by atoms with Crippen molar-refractivity contribution in [3.8, 4) is 0 Å². The molecule has 6 aliphatic rings. The molecule has 2 atom stereocenters. The van der Waals surface area contributed by atoms with Gasteiger partial charge in [-0.25, -0.2) is 0 Å².